The number of amides is 1. The van der Waals surface area contributed by atoms with Crippen LogP contribution in [0.3, 0.4) is 0 Å². The summed E-state index contributed by atoms with van der Waals surface area (Å²) in [4.78, 5) is 12.2. The van der Waals surface area contributed by atoms with E-state index in [0.29, 0.717) is 0 Å². The van der Waals surface area contributed by atoms with Crippen LogP contribution in [0.4, 0.5) is 5.82 Å². The maximum Gasteiger partial charge on any atom is 0.229 e. The molecular weight excluding hydrogens is 228 g/mol. The number of hydrogen-bond acceptors (Lipinski definition) is 3. The molecule has 98 valence electrons. The zero-order valence-corrected chi connectivity index (χ0v) is 10.8. The highest BCUT2D eigenvalue weighted by molar-refractivity contribution is 5.92. The van der Waals surface area contributed by atoms with Crippen LogP contribution in [0.1, 0.15) is 30.5 Å². The summed E-state index contributed by atoms with van der Waals surface area (Å²) in [6.45, 7) is 1.83. The molecule has 1 aliphatic carbocycles. The van der Waals surface area contributed by atoms with Gasteiger partial charge in [0.1, 0.15) is 5.82 Å². The minimum atomic E-state index is 0.103. The number of anilines is 1. The Morgan fingerprint density at radius 3 is 3.11 bits per heavy atom. The summed E-state index contributed by atoms with van der Waals surface area (Å²) in [6.07, 6.45) is 5.32. The predicted molar refractivity (Wildman–Crippen MR) is 69.5 cm³/mol. The Kier molecular flexibility index (Phi) is 3.07. The Hall–Kier alpha value is -1.36. The van der Waals surface area contributed by atoms with E-state index in [0.717, 1.165) is 56.7 Å². The minimum absolute atomic E-state index is 0.103. The number of piperidine rings is 1. The number of carbonyl (C=O) groups excluding carboxylic acids is 1. The van der Waals surface area contributed by atoms with E-state index in [-0.39, 0.29) is 11.8 Å². The zero-order valence-electron chi connectivity index (χ0n) is 10.8. The smallest absolute Gasteiger partial charge is 0.229 e. The van der Waals surface area contributed by atoms with Gasteiger partial charge < -0.3 is 10.6 Å². The Morgan fingerprint density at radius 1 is 1.44 bits per heavy atom. The number of nitrogens with one attached hydrogen (secondary N) is 2. The van der Waals surface area contributed by atoms with Gasteiger partial charge in [0.2, 0.25) is 5.91 Å². The summed E-state index contributed by atoms with van der Waals surface area (Å²) < 4.78 is 1.82. The summed E-state index contributed by atoms with van der Waals surface area (Å²) in [6, 6.07) is 0. The third kappa shape index (κ3) is 2.03. The molecule has 0 saturated carbocycles. The molecule has 0 radical (unpaired) electrons. The van der Waals surface area contributed by atoms with Gasteiger partial charge in [-0.25, -0.2) is 0 Å². The minimum Gasteiger partial charge on any atom is -0.316 e. The van der Waals surface area contributed by atoms with Crippen molar-refractivity contribution < 1.29 is 4.79 Å². The van der Waals surface area contributed by atoms with Crippen molar-refractivity contribution in [1.82, 2.24) is 15.1 Å². The summed E-state index contributed by atoms with van der Waals surface area (Å²) in [7, 11) is 1.91. The van der Waals surface area contributed by atoms with Crippen LogP contribution in [0.25, 0.3) is 0 Å². The van der Waals surface area contributed by atoms with Gasteiger partial charge >= 0.3 is 0 Å². The lowest BCUT2D eigenvalue weighted by Gasteiger charge is -2.22. The van der Waals surface area contributed by atoms with Crippen molar-refractivity contribution >= 4 is 11.7 Å². The van der Waals surface area contributed by atoms with E-state index in [1.165, 1.54) is 5.56 Å². The predicted octanol–water partition coefficient (Wildman–Crippen LogP) is 0.847. The molecule has 1 unspecified atom stereocenters. The van der Waals surface area contributed by atoms with Crippen molar-refractivity contribution in [2.24, 2.45) is 13.0 Å². The lowest BCUT2D eigenvalue weighted by molar-refractivity contribution is -0.120. The summed E-state index contributed by atoms with van der Waals surface area (Å²) in [5, 5.41) is 10.8. The lowest BCUT2D eigenvalue weighted by atomic mass is 9.99. The van der Waals surface area contributed by atoms with E-state index in [4.69, 9.17) is 0 Å². The van der Waals surface area contributed by atoms with Gasteiger partial charge in [0.15, 0.2) is 0 Å². The van der Waals surface area contributed by atoms with Crippen LogP contribution in [-0.4, -0.2) is 28.8 Å². The van der Waals surface area contributed by atoms with Crippen molar-refractivity contribution in [3.8, 4) is 0 Å². The first-order valence-corrected chi connectivity index (χ1v) is 6.82. The van der Waals surface area contributed by atoms with Crippen LogP contribution in [-0.2, 0) is 24.7 Å². The molecule has 2 heterocycles. The molecule has 5 nitrogen and oxygen atoms in total. The molecule has 1 aromatic rings. The zero-order chi connectivity index (χ0) is 12.5. The van der Waals surface area contributed by atoms with E-state index in [2.05, 4.69) is 15.7 Å². The highest BCUT2D eigenvalue weighted by Gasteiger charge is 2.25. The molecule has 0 bridgehead atoms. The van der Waals surface area contributed by atoms with Crippen LogP contribution < -0.4 is 10.6 Å². The van der Waals surface area contributed by atoms with Gasteiger partial charge in [0.05, 0.1) is 11.6 Å². The standard InChI is InChI=1S/C13H20N4O/c1-17-12(10-5-2-6-11(10)16-17)15-13(18)9-4-3-7-14-8-9/h9,14H,2-8H2,1H3,(H,15,18). The first kappa shape index (κ1) is 11.7. The maximum absolute atomic E-state index is 12.2. The van der Waals surface area contributed by atoms with Gasteiger partial charge in [-0.2, -0.15) is 5.10 Å². The number of aromatic nitrogens is 2. The second-order valence-corrected chi connectivity index (χ2v) is 5.28. The molecule has 5 heteroatoms. The lowest BCUT2D eigenvalue weighted by Crippen LogP contribution is -2.37. The molecular formula is C13H20N4O. The van der Waals surface area contributed by atoms with Crippen LogP contribution >= 0.6 is 0 Å². The quantitative estimate of drug-likeness (QED) is 0.815. The molecule has 1 saturated heterocycles. The molecule has 1 fully saturated rings. The van der Waals surface area contributed by atoms with Crippen molar-refractivity contribution in [3.05, 3.63) is 11.3 Å². The number of fused-ring (bicyclic) bond motifs is 1. The SMILES string of the molecule is Cn1nc2c(c1NC(=O)C1CCCNC1)CCC2. The molecule has 1 atom stereocenters. The monoisotopic (exact) mass is 248 g/mol. The van der Waals surface area contributed by atoms with Gasteiger partial charge in [-0.15, -0.1) is 0 Å². The molecule has 18 heavy (non-hydrogen) atoms. The molecule has 1 amide bonds. The van der Waals surface area contributed by atoms with Crippen molar-refractivity contribution in [3.63, 3.8) is 0 Å². The molecule has 1 aliphatic heterocycles. The van der Waals surface area contributed by atoms with E-state index in [1.807, 2.05) is 11.7 Å². The van der Waals surface area contributed by atoms with Gasteiger partial charge in [0, 0.05) is 19.2 Å². The van der Waals surface area contributed by atoms with E-state index in [1.54, 1.807) is 0 Å². The highest BCUT2D eigenvalue weighted by atomic mass is 16.2. The Balaban J connectivity index is 1.74. The first-order valence-electron chi connectivity index (χ1n) is 6.82. The van der Waals surface area contributed by atoms with Gasteiger partial charge in [-0.3, -0.25) is 9.48 Å². The normalized spacial score (nSPS) is 22.8. The maximum atomic E-state index is 12.2. The van der Waals surface area contributed by atoms with Crippen LogP contribution in [0.15, 0.2) is 0 Å². The van der Waals surface area contributed by atoms with Crippen LogP contribution in [0.5, 0.6) is 0 Å². The van der Waals surface area contributed by atoms with E-state index in [9.17, 15) is 4.79 Å². The second kappa shape index (κ2) is 4.72. The number of nitrogens with zero attached hydrogens (tertiary/aromatic N) is 2. The van der Waals surface area contributed by atoms with E-state index >= 15 is 0 Å². The second-order valence-electron chi connectivity index (χ2n) is 5.28. The first-order chi connectivity index (χ1) is 8.75. The van der Waals surface area contributed by atoms with E-state index < -0.39 is 0 Å². The number of rotatable bonds is 2. The summed E-state index contributed by atoms with van der Waals surface area (Å²) in [5.41, 5.74) is 2.41. The largest absolute Gasteiger partial charge is 0.316 e. The Morgan fingerprint density at radius 2 is 2.33 bits per heavy atom. The van der Waals surface area contributed by atoms with Gasteiger partial charge in [0.25, 0.3) is 0 Å². The average Bonchev–Trinajstić information content (AvgIpc) is 2.94. The molecule has 2 aliphatic rings. The molecule has 3 rings (SSSR count). The fourth-order valence-electron chi connectivity index (χ4n) is 2.97. The molecule has 2 N–H and O–H groups in total. The summed E-state index contributed by atoms with van der Waals surface area (Å²) in [5.74, 6) is 1.16. The topological polar surface area (TPSA) is 59.0 Å². The van der Waals surface area contributed by atoms with Gasteiger partial charge in [-0.1, -0.05) is 0 Å². The van der Waals surface area contributed by atoms with Crippen molar-refractivity contribution in [2.75, 3.05) is 18.4 Å². The van der Waals surface area contributed by atoms with Crippen molar-refractivity contribution in [1.29, 1.82) is 0 Å². The highest BCUT2D eigenvalue weighted by Crippen LogP contribution is 2.28. The van der Waals surface area contributed by atoms with Crippen LogP contribution in [0.2, 0.25) is 0 Å². The third-order valence-electron chi connectivity index (χ3n) is 3.98. The number of aryl methyl sites for hydroxylation is 2. The molecule has 0 aromatic carbocycles. The van der Waals surface area contributed by atoms with Crippen molar-refractivity contribution in [2.45, 2.75) is 32.1 Å². The molecule has 0 spiro atoms. The fraction of sp³-hybridized carbons (Fsp3) is 0.692. The Bertz CT molecular complexity index is 460. The number of carbonyl (C=O) groups is 1. The Labute approximate surface area is 107 Å². The summed E-state index contributed by atoms with van der Waals surface area (Å²) >= 11 is 0. The third-order valence-corrected chi connectivity index (χ3v) is 3.98. The molecule has 1 aromatic heterocycles. The number of hydrogen-bond donors (Lipinski definition) is 2. The van der Waals surface area contributed by atoms with Gasteiger partial charge in [-0.05, 0) is 38.6 Å². The average molecular weight is 248 g/mol. The fourth-order valence-corrected chi connectivity index (χ4v) is 2.97. The van der Waals surface area contributed by atoms with Crippen LogP contribution in [0, 0.1) is 5.92 Å².